The van der Waals surface area contributed by atoms with Gasteiger partial charge in [-0.1, -0.05) is 24.5 Å². The highest BCUT2D eigenvalue weighted by Crippen LogP contribution is 2.20. The van der Waals surface area contributed by atoms with E-state index in [1.165, 1.54) is 18.4 Å². The Hall–Kier alpha value is -1.90. The molecule has 3 rings (SSSR count). The van der Waals surface area contributed by atoms with E-state index in [0.717, 1.165) is 48.1 Å². The third-order valence-electron chi connectivity index (χ3n) is 4.28. The molecule has 0 radical (unpaired) electrons. The Morgan fingerprint density at radius 3 is 2.48 bits per heavy atom. The average molecular weight is 282 g/mol. The molecule has 1 fully saturated rings. The van der Waals surface area contributed by atoms with E-state index < -0.39 is 0 Å². The first kappa shape index (κ1) is 14.1. The molecular formula is C18H22N2O. The number of amides is 1. The highest BCUT2D eigenvalue weighted by atomic mass is 16.2. The summed E-state index contributed by atoms with van der Waals surface area (Å²) in [7, 11) is 0. The molecule has 0 N–H and O–H groups in total. The van der Waals surface area contributed by atoms with Crippen molar-refractivity contribution in [3.63, 3.8) is 0 Å². The Morgan fingerprint density at radius 1 is 1.05 bits per heavy atom. The number of nitrogens with zero attached hydrogens (tertiary/aromatic N) is 2. The second-order valence-electron chi connectivity index (χ2n) is 6.02. The van der Waals surface area contributed by atoms with Crippen molar-refractivity contribution >= 4 is 16.8 Å². The van der Waals surface area contributed by atoms with Gasteiger partial charge in [0, 0.05) is 18.5 Å². The molecule has 21 heavy (non-hydrogen) atoms. The summed E-state index contributed by atoms with van der Waals surface area (Å²) < 4.78 is 0. The molecule has 2 heterocycles. The lowest BCUT2D eigenvalue weighted by atomic mass is 10.1. The van der Waals surface area contributed by atoms with Crippen molar-refractivity contribution in [3.8, 4) is 0 Å². The summed E-state index contributed by atoms with van der Waals surface area (Å²) in [6, 6.07) is 8.20. The number of rotatable bonds is 1. The van der Waals surface area contributed by atoms with Crippen LogP contribution in [0.1, 0.15) is 47.3 Å². The number of benzene rings is 1. The lowest BCUT2D eigenvalue weighted by molar-refractivity contribution is 0.0760. The minimum Gasteiger partial charge on any atom is -0.339 e. The molecule has 110 valence electrons. The van der Waals surface area contributed by atoms with Crippen LogP contribution in [0, 0.1) is 13.8 Å². The molecule has 1 amide bonds. The maximum atomic E-state index is 12.8. The maximum Gasteiger partial charge on any atom is 0.255 e. The van der Waals surface area contributed by atoms with Gasteiger partial charge < -0.3 is 4.90 Å². The van der Waals surface area contributed by atoms with Gasteiger partial charge in [0.1, 0.15) is 0 Å². The SMILES string of the molecule is Cc1ccc2nc(C)c(C(=O)N3CCCCCC3)cc2c1. The van der Waals surface area contributed by atoms with Crippen molar-refractivity contribution in [2.75, 3.05) is 13.1 Å². The normalized spacial score (nSPS) is 16.0. The molecule has 3 nitrogen and oxygen atoms in total. The van der Waals surface area contributed by atoms with Crippen molar-refractivity contribution in [2.24, 2.45) is 0 Å². The van der Waals surface area contributed by atoms with Gasteiger partial charge in [0.25, 0.3) is 5.91 Å². The molecule has 0 unspecified atom stereocenters. The monoisotopic (exact) mass is 282 g/mol. The zero-order valence-corrected chi connectivity index (χ0v) is 12.9. The number of aryl methyl sites for hydroxylation is 2. The highest BCUT2D eigenvalue weighted by Gasteiger charge is 2.20. The van der Waals surface area contributed by atoms with Gasteiger partial charge in [0.15, 0.2) is 0 Å². The van der Waals surface area contributed by atoms with Crippen molar-refractivity contribution in [3.05, 3.63) is 41.1 Å². The molecule has 1 aromatic heterocycles. The second-order valence-corrected chi connectivity index (χ2v) is 6.02. The Balaban J connectivity index is 1.98. The van der Waals surface area contributed by atoms with Crippen LogP contribution in [0.3, 0.4) is 0 Å². The predicted molar refractivity (Wildman–Crippen MR) is 85.6 cm³/mol. The lowest BCUT2D eigenvalue weighted by Crippen LogP contribution is -2.32. The molecule has 2 aromatic rings. The van der Waals surface area contributed by atoms with Gasteiger partial charge in [-0.2, -0.15) is 0 Å². The van der Waals surface area contributed by atoms with Gasteiger partial charge in [-0.3, -0.25) is 9.78 Å². The molecule has 3 heteroatoms. The maximum absolute atomic E-state index is 12.8. The Bertz CT molecular complexity index is 670. The molecule has 0 bridgehead atoms. The predicted octanol–water partition coefficient (Wildman–Crippen LogP) is 3.87. The van der Waals surface area contributed by atoms with E-state index in [4.69, 9.17) is 0 Å². The van der Waals surface area contributed by atoms with Crippen LogP contribution in [0.2, 0.25) is 0 Å². The zero-order valence-electron chi connectivity index (χ0n) is 12.9. The molecule has 0 aliphatic carbocycles. The standard InChI is InChI=1S/C18H22N2O/c1-13-7-8-17-15(11-13)12-16(14(2)19-17)18(21)20-9-5-3-4-6-10-20/h7-8,11-12H,3-6,9-10H2,1-2H3. The van der Waals surface area contributed by atoms with Gasteiger partial charge in [0.2, 0.25) is 0 Å². The van der Waals surface area contributed by atoms with Crippen LogP contribution in [0.25, 0.3) is 10.9 Å². The number of pyridine rings is 1. The van der Waals surface area contributed by atoms with Crippen molar-refractivity contribution in [1.29, 1.82) is 0 Å². The minimum absolute atomic E-state index is 0.144. The van der Waals surface area contributed by atoms with E-state index in [-0.39, 0.29) is 5.91 Å². The molecule has 0 saturated carbocycles. The zero-order chi connectivity index (χ0) is 14.8. The summed E-state index contributed by atoms with van der Waals surface area (Å²) in [4.78, 5) is 19.4. The van der Waals surface area contributed by atoms with Crippen LogP contribution in [0.15, 0.2) is 24.3 Å². The average Bonchev–Trinajstić information content (AvgIpc) is 2.75. The van der Waals surface area contributed by atoms with E-state index in [9.17, 15) is 4.79 Å². The summed E-state index contributed by atoms with van der Waals surface area (Å²) >= 11 is 0. The summed E-state index contributed by atoms with van der Waals surface area (Å²) in [5.41, 5.74) is 3.75. The highest BCUT2D eigenvalue weighted by molar-refractivity contribution is 5.98. The first-order valence-electron chi connectivity index (χ1n) is 7.82. The smallest absolute Gasteiger partial charge is 0.255 e. The number of hydrogen-bond donors (Lipinski definition) is 0. The number of likely N-dealkylation sites (tertiary alicyclic amines) is 1. The first-order valence-corrected chi connectivity index (χ1v) is 7.82. The fourth-order valence-electron chi connectivity index (χ4n) is 3.05. The van der Waals surface area contributed by atoms with Gasteiger partial charge in [-0.05, 0) is 44.9 Å². The summed E-state index contributed by atoms with van der Waals surface area (Å²) in [6.07, 6.45) is 4.70. The van der Waals surface area contributed by atoms with Crippen molar-refractivity contribution in [2.45, 2.75) is 39.5 Å². The first-order chi connectivity index (χ1) is 10.1. The molecule has 1 aliphatic rings. The van der Waals surface area contributed by atoms with E-state index in [1.807, 2.05) is 24.0 Å². The molecule has 0 spiro atoms. The minimum atomic E-state index is 0.144. The lowest BCUT2D eigenvalue weighted by Gasteiger charge is -2.21. The Kier molecular flexibility index (Phi) is 3.91. The molecule has 1 aliphatic heterocycles. The van der Waals surface area contributed by atoms with Crippen molar-refractivity contribution < 1.29 is 4.79 Å². The summed E-state index contributed by atoms with van der Waals surface area (Å²) in [5.74, 6) is 0.144. The molecule has 1 saturated heterocycles. The van der Waals surface area contributed by atoms with E-state index in [2.05, 4.69) is 24.0 Å². The Labute approximate surface area is 126 Å². The summed E-state index contributed by atoms with van der Waals surface area (Å²) in [5, 5.41) is 1.05. The van der Waals surface area contributed by atoms with Crippen LogP contribution in [-0.4, -0.2) is 28.9 Å². The van der Waals surface area contributed by atoms with E-state index >= 15 is 0 Å². The van der Waals surface area contributed by atoms with E-state index in [1.54, 1.807) is 0 Å². The van der Waals surface area contributed by atoms with Gasteiger partial charge in [-0.25, -0.2) is 0 Å². The van der Waals surface area contributed by atoms with Crippen LogP contribution < -0.4 is 0 Å². The molecule has 1 aromatic carbocycles. The van der Waals surface area contributed by atoms with Crippen LogP contribution in [0.4, 0.5) is 0 Å². The second kappa shape index (κ2) is 5.84. The quantitative estimate of drug-likeness (QED) is 0.795. The van der Waals surface area contributed by atoms with Crippen LogP contribution >= 0.6 is 0 Å². The number of aromatic nitrogens is 1. The van der Waals surface area contributed by atoms with E-state index in [0.29, 0.717) is 0 Å². The number of fused-ring (bicyclic) bond motifs is 1. The summed E-state index contributed by atoms with van der Waals surface area (Å²) in [6.45, 7) is 5.76. The third kappa shape index (κ3) is 2.92. The Morgan fingerprint density at radius 2 is 1.76 bits per heavy atom. The van der Waals surface area contributed by atoms with Crippen molar-refractivity contribution in [1.82, 2.24) is 9.88 Å². The third-order valence-corrected chi connectivity index (χ3v) is 4.28. The molecular weight excluding hydrogens is 260 g/mol. The van der Waals surface area contributed by atoms with Crippen LogP contribution in [-0.2, 0) is 0 Å². The van der Waals surface area contributed by atoms with Gasteiger partial charge >= 0.3 is 0 Å². The van der Waals surface area contributed by atoms with Gasteiger partial charge in [-0.15, -0.1) is 0 Å². The topological polar surface area (TPSA) is 33.2 Å². The van der Waals surface area contributed by atoms with Crippen LogP contribution in [0.5, 0.6) is 0 Å². The largest absolute Gasteiger partial charge is 0.339 e. The number of hydrogen-bond acceptors (Lipinski definition) is 2. The molecule has 0 atom stereocenters. The fourth-order valence-corrected chi connectivity index (χ4v) is 3.05. The number of carbonyl (C=O) groups is 1. The number of carbonyl (C=O) groups excluding carboxylic acids is 1. The van der Waals surface area contributed by atoms with Gasteiger partial charge in [0.05, 0.1) is 16.8 Å². The fraction of sp³-hybridized carbons (Fsp3) is 0.444.